The third-order valence-electron chi connectivity index (χ3n) is 4.77. The van der Waals surface area contributed by atoms with Crippen molar-refractivity contribution in [3.8, 4) is 11.5 Å². The minimum absolute atomic E-state index is 0.195. The summed E-state index contributed by atoms with van der Waals surface area (Å²) in [6.45, 7) is 3.89. The molecule has 34 heavy (non-hydrogen) atoms. The van der Waals surface area contributed by atoms with Crippen molar-refractivity contribution < 1.29 is 28.6 Å². The van der Waals surface area contributed by atoms with Gasteiger partial charge < -0.3 is 14.2 Å². The number of amides is 2. The predicted octanol–water partition coefficient (Wildman–Crippen LogP) is 6.17. The summed E-state index contributed by atoms with van der Waals surface area (Å²) in [7, 11) is 1.20. The number of hydrogen-bond acceptors (Lipinski definition) is 7. The molecule has 1 heterocycles. The molecule has 0 spiro atoms. The Kier molecular flexibility index (Phi) is 9.14. The van der Waals surface area contributed by atoms with E-state index in [1.165, 1.54) is 14.0 Å². The van der Waals surface area contributed by atoms with Crippen LogP contribution in [-0.4, -0.2) is 41.8 Å². The lowest BCUT2D eigenvalue weighted by molar-refractivity contribution is -0.148. The minimum Gasteiger partial charge on any atom is -0.490 e. The summed E-state index contributed by atoms with van der Waals surface area (Å²) in [5.74, 6) is -0.219. The summed E-state index contributed by atoms with van der Waals surface area (Å²) in [5, 5.41) is 0.496. The number of carbonyl (C=O) groups is 3. The first-order valence-electron chi connectivity index (χ1n) is 10.0. The molecule has 1 aliphatic heterocycles. The Morgan fingerprint density at radius 1 is 1.21 bits per heavy atom. The average Bonchev–Trinajstić information content (AvgIpc) is 3.06. The first kappa shape index (κ1) is 26.7. The van der Waals surface area contributed by atoms with Crippen molar-refractivity contribution >= 4 is 80.7 Å². The number of carbonyl (C=O) groups excluding carboxylic acids is 3. The highest BCUT2D eigenvalue weighted by Gasteiger charge is 2.41. The molecular weight excluding hydrogens is 616 g/mol. The van der Waals surface area contributed by atoms with Crippen LogP contribution in [0, 0.1) is 3.57 Å². The van der Waals surface area contributed by atoms with Gasteiger partial charge in [-0.05, 0) is 84.1 Å². The molecule has 1 atom stereocenters. The number of rotatable bonds is 8. The number of imide groups is 1. The Balaban J connectivity index is 1.87. The first-order valence-corrected chi connectivity index (χ1v) is 12.7. The fourth-order valence-electron chi connectivity index (χ4n) is 3.10. The molecule has 0 aliphatic carbocycles. The van der Waals surface area contributed by atoms with Crippen molar-refractivity contribution in [2.75, 3.05) is 13.7 Å². The molecule has 0 N–H and O–H groups in total. The molecule has 1 aliphatic rings. The van der Waals surface area contributed by atoms with Crippen LogP contribution in [-0.2, 0) is 20.9 Å². The van der Waals surface area contributed by atoms with Crippen LogP contribution in [0.15, 0.2) is 35.2 Å². The highest BCUT2D eigenvalue weighted by molar-refractivity contribution is 14.1. The van der Waals surface area contributed by atoms with Crippen molar-refractivity contribution in [1.82, 2.24) is 4.90 Å². The zero-order valence-electron chi connectivity index (χ0n) is 18.4. The topological polar surface area (TPSA) is 82.1 Å². The number of benzene rings is 2. The summed E-state index contributed by atoms with van der Waals surface area (Å²) >= 11 is 15.1. The van der Waals surface area contributed by atoms with E-state index in [9.17, 15) is 14.4 Å². The molecule has 2 aromatic rings. The number of thioether (sulfide) groups is 1. The van der Waals surface area contributed by atoms with E-state index in [4.69, 9.17) is 32.7 Å². The van der Waals surface area contributed by atoms with Crippen LogP contribution in [0.1, 0.15) is 25.0 Å². The smallest absolute Gasteiger partial charge is 0.328 e. The molecule has 2 amide bonds. The Morgan fingerprint density at radius 3 is 2.59 bits per heavy atom. The molecule has 0 aromatic heterocycles. The summed E-state index contributed by atoms with van der Waals surface area (Å²) < 4.78 is 17.2. The molecule has 2 aromatic carbocycles. The van der Waals surface area contributed by atoms with E-state index in [0.717, 1.165) is 25.8 Å². The number of hydrogen-bond donors (Lipinski definition) is 0. The van der Waals surface area contributed by atoms with Gasteiger partial charge in [-0.15, -0.1) is 0 Å². The Labute approximate surface area is 224 Å². The highest BCUT2D eigenvalue weighted by atomic mass is 127. The van der Waals surface area contributed by atoms with E-state index in [1.807, 2.05) is 6.92 Å². The van der Waals surface area contributed by atoms with Gasteiger partial charge in [-0.1, -0.05) is 29.3 Å². The molecule has 0 radical (unpaired) electrons. The van der Waals surface area contributed by atoms with Gasteiger partial charge in [0, 0.05) is 15.6 Å². The maximum Gasteiger partial charge on any atom is 0.328 e. The number of halogens is 3. The normalized spacial score (nSPS) is 15.6. The van der Waals surface area contributed by atoms with E-state index >= 15 is 0 Å². The molecule has 180 valence electrons. The summed E-state index contributed by atoms with van der Waals surface area (Å²) in [4.78, 5) is 38.0. The fraction of sp³-hybridized carbons (Fsp3) is 0.261. The molecule has 7 nitrogen and oxygen atoms in total. The second kappa shape index (κ2) is 11.7. The van der Waals surface area contributed by atoms with Gasteiger partial charge in [-0.3, -0.25) is 14.5 Å². The second-order valence-electron chi connectivity index (χ2n) is 7.04. The zero-order valence-corrected chi connectivity index (χ0v) is 22.9. The quantitative estimate of drug-likeness (QED) is 0.195. The van der Waals surface area contributed by atoms with E-state index in [-0.39, 0.29) is 11.5 Å². The largest absolute Gasteiger partial charge is 0.490 e. The predicted molar refractivity (Wildman–Crippen MR) is 140 cm³/mol. The molecule has 0 saturated carbocycles. The number of methoxy groups -OCH3 is 1. The molecule has 0 bridgehead atoms. The van der Waals surface area contributed by atoms with Gasteiger partial charge in [0.05, 0.1) is 22.2 Å². The van der Waals surface area contributed by atoms with Gasteiger partial charge in [-0.25, -0.2) is 4.79 Å². The Morgan fingerprint density at radius 2 is 1.94 bits per heavy atom. The van der Waals surface area contributed by atoms with Crippen molar-refractivity contribution in [2.45, 2.75) is 26.5 Å². The Bertz CT molecular complexity index is 1170. The summed E-state index contributed by atoms with van der Waals surface area (Å²) in [6, 6.07) is 7.68. The molecule has 0 unspecified atom stereocenters. The molecule has 3 rings (SSSR count). The van der Waals surface area contributed by atoms with Gasteiger partial charge in [0.1, 0.15) is 12.6 Å². The van der Waals surface area contributed by atoms with E-state index in [2.05, 4.69) is 27.3 Å². The third-order valence-corrected chi connectivity index (χ3v) is 7.04. The molecule has 11 heteroatoms. The van der Waals surface area contributed by atoms with Crippen LogP contribution < -0.4 is 9.47 Å². The van der Waals surface area contributed by atoms with Crippen molar-refractivity contribution in [3.05, 3.63) is 60.0 Å². The first-order chi connectivity index (χ1) is 16.2. The van der Waals surface area contributed by atoms with E-state index in [1.54, 1.807) is 36.4 Å². The lowest BCUT2D eigenvalue weighted by atomic mass is 10.1. The van der Waals surface area contributed by atoms with Crippen LogP contribution in [0.25, 0.3) is 6.08 Å². The third kappa shape index (κ3) is 5.99. The second-order valence-corrected chi connectivity index (χ2v) is 10.0. The van der Waals surface area contributed by atoms with Crippen molar-refractivity contribution in [3.63, 3.8) is 0 Å². The SMILES string of the molecule is CCOc1cc(/C=C2/SC(=O)N([C@@H](C)C(=O)OC)C2=O)cc(I)c1OCc1ccc(Cl)cc1Cl. The van der Waals surface area contributed by atoms with Crippen LogP contribution in [0.3, 0.4) is 0 Å². The minimum atomic E-state index is -1.02. The van der Waals surface area contributed by atoms with Gasteiger partial charge in [0.15, 0.2) is 11.5 Å². The zero-order chi connectivity index (χ0) is 25.0. The van der Waals surface area contributed by atoms with Crippen molar-refractivity contribution in [2.24, 2.45) is 0 Å². The average molecular weight is 636 g/mol. The maximum atomic E-state index is 12.8. The monoisotopic (exact) mass is 635 g/mol. The highest BCUT2D eigenvalue weighted by Crippen LogP contribution is 2.38. The number of ether oxygens (including phenoxy) is 3. The van der Waals surface area contributed by atoms with E-state index in [0.29, 0.717) is 33.7 Å². The summed E-state index contributed by atoms with van der Waals surface area (Å²) in [5.41, 5.74) is 1.41. The summed E-state index contributed by atoms with van der Waals surface area (Å²) in [6.07, 6.45) is 1.58. The molecule has 1 fully saturated rings. The van der Waals surface area contributed by atoms with Gasteiger partial charge in [0.25, 0.3) is 11.1 Å². The van der Waals surface area contributed by atoms with Gasteiger partial charge in [-0.2, -0.15) is 0 Å². The van der Waals surface area contributed by atoms with Crippen LogP contribution in [0.5, 0.6) is 11.5 Å². The number of nitrogens with zero attached hydrogens (tertiary/aromatic N) is 1. The van der Waals surface area contributed by atoms with Crippen LogP contribution >= 0.6 is 57.6 Å². The maximum absolute atomic E-state index is 12.8. The molecule has 1 saturated heterocycles. The standard InChI is InChI=1S/C23H20Cl2INO6S/c1-4-32-18-8-13(9-19-21(28)27(23(30)34-19)12(2)22(29)31-3)7-17(26)20(18)33-11-14-5-6-15(24)10-16(14)25/h5-10,12H,4,11H2,1-3H3/b19-9+/t12-/m0/s1. The number of esters is 1. The molecular formula is C23H20Cl2INO6S. The van der Waals surface area contributed by atoms with Gasteiger partial charge >= 0.3 is 5.97 Å². The van der Waals surface area contributed by atoms with Crippen molar-refractivity contribution in [1.29, 1.82) is 0 Å². The van der Waals surface area contributed by atoms with Crippen LogP contribution in [0.4, 0.5) is 4.79 Å². The lowest BCUT2D eigenvalue weighted by Gasteiger charge is -2.18. The fourth-order valence-corrected chi connectivity index (χ4v) is 5.26. The van der Waals surface area contributed by atoms with Crippen LogP contribution in [0.2, 0.25) is 10.0 Å². The Hall–Kier alpha value is -1.95. The van der Waals surface area contributed by atoms with E-state index < -0.39 is 23.2 Å². The van der Waals surface area contributed by atoms with Gasteiger partial charge in [0.2, 0.25) is 0 Å². The lowest BCUT2D eigenvalue weighted by Crippen LogP contribution is -2.42.